The van der Waals surface area contributed by atoms with E-state index >= 15 is 0 Å². The molecule has 2 aromatic carbocycles. The van der Waals surface area contributed by atoms with E-state index in [1.807, 2.05) is 0 Å². The topological polar surface area (TPSA) is 87.3 Å². The third kappa shape index (κ3) is 2.93. The summed E-state index contributed by atoms with van der Waals surface area (Å²) in [6, 6.07) is 8.57. The summed E-state index contributed by atoms with van der Waals surface area (Å²) in [5, 5.41) is 7.01. The van der Waals surface area contributed by atoms with E-state index in [4.69, 9.17) is 0 Å². The zero-order chi connectivity index (χ0) is 18.2. The van der Waals surface area contributed by atoms with Gasteiger partial charge >= 0.3 is 6.03 Å². The molecule has 25 heavy (non-hydrogen) atoms. The molecule has 2 aromatic rings. The Morgan fingerprint density at radius 1 is 1.08 bits per heavy atom. The Balaban J connectivity index is 1.89. The Bertz CT molecular complexity index is 880. The van der Waals surface area contributed by atoms with Gasteiger partial charge in [0.2, 0.25) is 0 Å². The van der Waals surface area contributed by atoms with Crippen LogP contribution in [0.3, 0.4) is 0 Å². The second kappa shape index (κ2) is 5.97. The second-order valence-electron chi connectivity index (χ2n) is 5.66. The molecule has 128 valence electrons. The van der Waals surface area contributed by atoms with Crippen molar-refractivity contribution in [2.45, 2.75) is 12.5 Å². The van der Waals surface area contributed by atoms with Gasteiger partial charge in [0.05, 0.1) is 0 Å². The maximum atomic E-state index is 13.7. The van der Waals surface area contributed by atoms with Crippen molar-refractivity contribution in [1.82, 2.24) is 10.6 Å². The third-order valence-corrected chi connectivity index (χ3v) is 3.93. The Kier molecular flexibility index (Phi) is 3.96. The molecule has 0 spiro atoms. The Labute approximate surface area is 141 Å². The predicted molar refractivity (Wildman–Crippen MR) is 84.8 cm³/mol. The molecule has 3 rings (SSSR count). The van der Waals surface area contributed by atoms with Crippen LogP contribution in [0, 0.1) is 11.6 Å². The Morgan fingerprint density at radius 2 is 1.72 bits per heavy atom. The molecule has 0 unspecified atom stereocenters. The number of hydrogen-bond donors (Lipinski definition) is 3. The van der Waals surface area contributed by atoms with Gasteiger partial charge in [-0.15, -0.1) is 0 Å². The molecule has 1 saturated heterocycles. The molecule has 0 radical (unpaired) electrons. The number of benzene rings is 2. The van der Waals surface area contributed by atoms with E-state index in [2.05, 4.69) is 16.0 Å². The summed E-state index contributed by atoms with van der Waals surface area (Å²) in [6.07, 6.45) is 0. The molecular formula is C17H13F2N3O3. The first-order valence-corrected chi connectivity index (χ1v) is 7.31. The van der Waals surface area contributed by atoms with Crippen molar-refractivity contribution in [3.8, 4) is 0 Å². The fourth-order valence-electron chi connectivity index (χ4n) is 2.56. The van der Waals surface area contributed by atoms with Crippen molar-refractivity contribution in [1.29, 1.82) is 0 Å². The molecule has 0 aliphatic carbocycles. The van der Waals surface area contributed by atoms with Gasteiger partial charge in [0.25, 0.3) is 11.8 Å². The average Bonchev–Trinajstić information content (AvgIpc) is 2.81. The van der Waals surface area contributed by atoms with Crippen LogP contribution in [-0.2, 0) is 10.3 Å². The summed E-state index contributed by atoms with van der Waals surface area (Å²) in [7, 11) is 0. The molecule has 3 N–H and O–H groups in total. The van der Waals surface area contributed by atoms with Gasteiger partial charge in [-0.2, -0.15) is 0 Å². The lowest BCUT2D eigenvalue weighted by atomic mass is 9.92. The lowest BCUT2D eigenvalue weighted by molar-refractivity contribution is -0.123. The summed E-state index contributed by atoms with van der Waals surface area (Å²) < 4.78 is 27.4. The minimum absolute atomic E-state index is 0.223. The highest BCUT2D eigenvalue weighted by molar-refractivity contribution is 6.08. The lowest BCUT2D eigenvalue weighted by Gasteiger charge is -2.21. The zero-order valence-electron chi connectivity index (χ0n) is 13.0. The number of nitrogens with one attached hydrogen (secondary N) is 3. The summed E-state index contributed by atoms with van der Waals surface area (Å²) in [6.45, 7) is 1.50. The monoisotopic (exact) mass is 345 g/mol. The largest absolute Gasteiger partial charge is 0.322 e. The van der Waals surface area contributed by atoms with E-state index < -0.39 is 40.6 Å². The van der Waals surface area contributed by atoms with Crippen molar-refractivity contribution in [2.24, 2.45) is 0 Å². The van der Waals surface area contributed by atoms with Crippen molar-refractivity contribution in [3.63, 3.8) is 0 Å². The first-order valence-electron chi connectivity index (χ1n) is 7.31. The van der Waals surface area contributed by atoms with Crippen molar-refractivity contribution in [3.05, 3.63) is 65.2 Å². The minimum atomic E-state index is -1.30. The molecule has 1 heterocycles. The van der Waals surface area contributed by atoms with Crippen LogP contribution in [0.15, 0.2) is 42.5 Å². The van der Waals surface area contributed by atoms with Gasteiger partial charge in [-0.1, -0.05) is 18.2 Å². The number of anilines is 1. The highest BCUT2D eigenvalue weighted by Gasteiger charge is 2.43. The molecule has 0 aromatic heterocycles. The number of rotatable bonds is 3. The maximum absolute atomic E-state index is 13.7. The van der Waals surface area contributed by atoms with Crippen LogP contribution in [0.1, 0.15) is 22.8 Å². The molecule has 1 aliphatic rings. The summed E-state index contributed by atoms with van der Waals surface area (Å²) in [5.41, 5.74) is -1.38. The number of halogens is 2. The van der Waals surface area contributed by atoms with Crippen molar-refractivity contribution < 1.29 is 23.2 Å². The van der Waals surface area contributed by atoms with Gasteiger partial charge in [0, 0.05) is 5.69 Å². The van der Waals surface area contributed by atoms with Crippen LogP contribution in [0.5, 0.6) is 0 Å². The number of carbonyl (C=O) groups excluding carboxylic acids is 3. The fourth-order valence-corrected chi connectivity index (χ4v) is 2.56. The standard InChI is InChI=1S/C17H13F2N3O3/c1-17(15(24)21-16(25)22-17)9-4-2-5-10(8-9)20-14(23)13-11(18)6-3-7-12(13)19/h2-8H,1H3,(H,20,23)(H2,21,22,24,25)/t17-/m1/s1. The molecule has 0 bridgehead atoms. The molecule has 1 atom stereocenters. The molecule has 4 amide bonds. The van der Waals surface area contributed by atoms with Crippen molar-refractivity contribution >= 4 is 23.5 Å². The van der Waals surface area contributed by atoms with Crippen LogP contribution < -0.4 is 16.0 Å². The predicted octanol–water partition coefficient (Wildman–Crippen LogP) is 2.27. The first-order chi connectivity index (χ1) is 11.8. The van der Waals surface area contributed by atoms with Crippen LogP contribution in [0.2, 0.25) is 0 Å². The zero-order valence-corrected chi connectivity index (χ0v) is 13.0. The van der Waals surface area contributed by atoms with E-state index in [-0.39, 0.29) is 5.69 Å². The van der Waals surface area contributed by atoms with E-state index in [1.54, 1.807) is 12.1 Å². The van der Waals surface area contributed by atoms with E-state index in [1.165, 1.54) is 19.1 Å². The van der Waals surface area contributed by atoms with Gasteiger partial charge in [0.1, 0.15) is 22.7 Å². The number of amides is 4. The molecule has 6 nitrogen and oxygen atoms in total. The Hall–Kier alpha value is -3.29. The normalized spacial score (nSPS) is 19.3. The summed E-state index contributed by atoms with van der Waals surface area (Å²) >= 11 is 0. The molecular weight excluding hydrogens is 332 g/mol. The lowest BCUT2D eigenvalue weighted by Crippen LogP contribution is -2.40. The van der Waals surface area contributed by atoms with Gasteiger partial charge in [-0.05, 0) is 36.8 Å². The number of urea groups is 1. The summed E-state index contributed by atoms with van der Waals surface area (Å²) in [5.74, 6) is -3.47. The van der Waals surface area contributed by atoms with Gasteiger partial charge < -0.3 is 10.6 Å². The quantitative estimate of drug-likeness (QED) is 0.746. The SMILES string of the molecule is C[C@]1(c2cccc(NC(=O)c3c(F)cccc3F)c2)NC(=O)NC1=O. The second-order valence-corrected chi connectivity index (χ2v) is 5.66. The molecule has 1 fully saturated rings. The third-order valence-electron chi connectivity index (χ3n) is 3.93. The van der Waals surface area contributed by atoms with Crippen LogP contribution in [0.25, 0.3) is 0 Å². The van der Waals surface area contributed by atoms with Gasteiger partial charge in [0.15, 0.2) is 0 Å². The average molecular weight is 345 g/mol. The smallest absolute Gasteiger partial charge is 0.322 e. The number of carbonyl (C=O) groups is 3. The van der Waals surface area contributed by atoms with Gasteiger partial charge in [-0.3, -0.25) is 14.9 Å². The molecule has 8 heteroatoms. The van der Waals surface area contributed by atoms with Crippen molar-refractivity contribution in [2.75, 3.05) is 5.32 Å². The van der Waals surface area contributed by atoms with E-state index in [0.29, 0.717) is 5.56 Å². The minimum Gasteiger partial charge on any atom is -0.322 e. The highest BCUT2D eigenvalue weighted by Crippen LogP contribution is 2.27. The summed E-state index contributed by atoms with van der Waals surface area (Å²) in [4.78, 5) is 35.5. The van der Waals surface area contributed by atoms with Crippen LogP contribution in [-0.4, -0.2) is 17.8 Å². The van der Waals surface area contributed by atoms with Crippen LogP contribution >= 0.6 is 0 Å². The van der Waals surface area contributed by atoms with E-state index in [0.717, 1.165) is 18.2 Å². The van der Waals surface area contributed by atoms with E-state index in [9.17, 15) is 23.2 Å². The fraction of sp³-hybridized carbons (Fsp3) is 0.118. The van der Waals surface area contributed by atoms with Crippen LogP contribution in [0.4, 0.5) is 19.3 Å². The number of hydrogen-bond acceptors (Lipinski definition) is 3. The Morgan fingerprint density at radius 3 is 2.32 bits per heavy atom. The highest BCUT2D eigenvalue weighted by atomic mass is 19.1. The van der Waals surface area contributed by atoms with Gasteiger partial charge in [-0.25, -0.2) is 13.6 Å². The maximum Gasteiger partial charge on any atom is 0.322 e. The molecule has 0 saturated carbocycles. The molecule has 1 aliphatic heterocycles. The number of imide groups is 1. The first kappa shape index (κ1) is 16.6.